The van der Waals surface area contributed by atoms with E-state index in [9.17, 15) is 8.42 Å². The molecule has 0 spiro atoms. The van der Waals surface area contributed by atoms with Gasteiger partial charge in [0.25, 0.3) is 0 Å². The summed E-state index contributed by atoms with van der Waals surface area (Å²) >= 11 is 0. The summed E-state index contributed by atoms with van der Waals surface area (Å²) < 4.78 is 26.9. The lowest BCUT2D eigenvalue weighted by Crippen LogP contribution is -2.27. The van der Waals surface area contributed by atoms with E-state index in [1.54, 1.807) is 0 Å². The highest BCUT2D eigenvalue weighted by Gasteiger charge is 2.04. The lowest BCUT2D eigenvalue weighted by Gasteiger charge is -2.10. The number of sulfonamides is 1. The van der Waals surface area contributed by atoms with Gasteiger partial charge in [-0.15, -0.1) is 0 Å². The van der Waals surface area contributed by atoms with Crippen LogP contribution in [0.25, 0.3) is 0 Å². The molecule has 0 fully saturated rings. The topological polar surface area (TPSA) is 81.4 Å². The second-order valence-electron chi connectivity index (χ2n) is 3.95. The third kappa shape index (κ3) is 6.11. The molecule has 5 nitrogen and oxygen atoms in total. The predicted molar refractivity (Wildman–Crippen MR) is 71.5 cm³/mol. The Labute approximate surface area is 108 Å². The summed E-state index contributed by atoms with van der Waals surface area (Å²) in [6.45, 7) is 4.16. The molecule has 1 rings (SSSR count). The van der Waals surface area contributed by atoms with Crippen LogP contribution in [0.3, 0.4) is 0 Å². The van der Waals surface area contributed by atoms with Crippen molar-refractivity contribution in [1.29, 1.82) is 0 Å². The van der Waals surface area contributed by atoms with E-state index in [2.05, 4.69) is 5.32 Å². The van der Waals surface area contributed by atoms with Crippen LogP contribution in [0.2, 0.25) is 0 Å². The van der Waals surface area contributed by atoms with Gasteiger partial charge in [-0.3, -0.25) is 0 Å². The first-order chi connectivity index (χ1) is 8.53. The van der Waals surface area contributed by atoms with E-state index >= 15 is 0 Å². The van der Waals surface area contributed by atoms with Crippen LogP contribution >= 0.6 is 0 Å². The number of rotatable bonds is 8. The van der Waals surface area contributed by atoms with Crippen molar-refractivity contribution in [3.63, 3.8) is 0 Å². The van der Waals surface area contributed by atoms with Gasteiger partial charge in [-0.05, 0) is 18.1 Å². The minimum atomic E-state index is -3.39. The smallest absolute Gasteiger partial charge is 0.210 e. The van der Waals surface area contributed by atoms with Crippen LogP contribution in [-0.4, -0.2) is 27.3 Å². The number of nitrogens with two attached hydrogens (primary N) is 1. The van der Waals surface area contributed by atoms with Gasteiger partial charge in [0.15, 0.2) is 0 Å². The fourth-order valence-electron chi connectivity index (χ4n) is 1.52. The minimum Gasteiger partial charge on any atom is -0.377 e. The van der Waals surface area contributed by atoms with Crippen molar-refractivity contribution in [2.75, 3.05) is 18.9 Å². The van der Waals surface area contributed by atoms with Gasteiger partial charge in [-0.25, -0.2) is 13.6 Å². The summed E-state index contributed by atoms with van der Waals surface area (Å²) in [6.07, 6.45) is 0. The standard InChI is InChI=1S/C12H20N2O3S/c1-2-17-10-12-6-4-3-5-11(12)9-14-7-8-18(13,15)16/h3-6,14H,2,7-10H2,1H3,(H2,13,15,16). The first-order valence-electron chi connectivity index (χ1n) is 5.88. The summed E-state index contributed by atoms with van der Waals surface area (Å²) in [6, 6.07) is 7.92. The normalized spacial score (nSPS) is 11.7. The summed E-state index contributed by atoms with van der Waals surface area (Å²) in [4.78, 5) is 0. The second-order valence-corrected chi connectivity index (χ2v) is 5.68. The Bertz CT molecular complexity index is 460. The SMILES string of the molecule is CCOCc1ccccc1CNCCS(N)(=O)=O. The summed E-state index contributed by atoms with van der Waals surface area (Å²) in [5, 5.41) is 7.98. The zero-order chi connectivity index (χ0) is 13.4. The maximum Gasteiger partial charge on any atom is 0.210 e. The zero-order valence-electron chi connectivity index (χ0n) is 10.6. The maximum absolute atomic E-state index is 10.8. The van der Waals surface area contributed by atoms with Gasteiger partial charge in [0.1, 0.15) is 0 Å². The molecule has 0 radical (unpaired) electrons. The molecule has 0 atom stereocenters. The second kappa shape index (κ2) is 7.48. The highest BCUT2D eigenvalue weighted by atomic mass is 32.2. The number of hydrogen-bond donors (Lipinski definition) is 2. The van der Waals surface area contributed by atoms with Gasteiger partial charge in [-0.1, -0.05) is 24.3 Å². The van der Waals surface area contributed by atoms with Gasteiger partial charge in [-0.2, -0.15) is 0 Å². The molecular formula is C12H20N2O3S. The van der Waals surface area contributed by atoms with Gasteiger partial charge < -0.3 is 10.1 Å². The fourth-order valence-corrected chi connectivity index (χ4v) is 1.95. The molecule has 3 N–H and O–H groups in total. The number of benzene rings is 1. The molecule has 0 amide bonds. The van der Waals surface area contributed by atoms with Crippen LogP contribution in [-0.2, 0) is 27.9 Å². The van der Waals surface area contributed by atoms with Crippen molar-refractivity contribution >= 4 is 10.0 Å². The van der Waals surface area contributed by atoms with Crippen LogP contribution < -0.4 is 10.5 Å². The Hall–Kier alpha value is -0.950. The van der Waals surface area contributed by atoms with Gasteiger partial charge >= 0.3 is 0 Å². The first-order valence-corrected chi connectivity index (χ1v) is 7.60. The Balaban J connectivity index is 2.46. The van der Waals surface area contributed by atoms with Crippen LogP contribution in [0.5, 0.6) is 0 Å². The molecule has 0 unspecified atom stereocenters. The zero-order valence-corrected chi connectivity index (χ0v) is 11.4. The van der Waals surface area contributed by atoms with Crippen LogP contribution in [0.4, 0.5) is 0 Å². The van der Waals surface area contributed by atoms with E-state index in [4.69, 9.17) is 9.88 Å². The number of nitrogens with one attached hydrogen (secondary N) is 1. The van der Waals surface area contributed by atoms with Crippen molar-refractivity contribution in [2.24, 2.45) is 5.14 Å². The molecule has 0 aliphatic carbocycles. The average molecular weight is 272 g/mol. The quantitative estimate of drug-likeness (QED) is 0.679. The Morgan fingerprint density at radius 1 is 1.28 bits per heavy atom. The molecule has 1 aromatic carbocycles. The van der Waals surface area contributed by atoms with Crippen molar-refractivity contribution in [1.82, 2.24) is 5.32 Å². The monoisotopic (exact) mass is 272 g/mol. The van der Waals surface area contributed by atoms with E-state index in [0.29, 0.717) is 26.3 Å². The molecule has 0 aliphatic heterocycles. The lowest BCUT2D eigenvalue weighted by molar-refractivity contribution is 0.133. The first kappa shape index (κ1) is 15.1. The van der Waals surface area contributed by atoms with Gasteiger partial charge in [0.05, 0.1) is 12.4 Å². The number of ether oxygens (including phenoxy) is 1. The molecule has 0 saturated carbocycles. The molecule has 6 heteroatoms. The third-order valence-electron chi connectivity index (χ3n) is 2.46. The van der Waals surface area contributed by atoms with Crippen LogP contribution in [0, 0.1) is 0 Å². The Morgan fingerprint density at radius 3 is 2.56 bits per heavy atom. The highest BCUT2D eigenvalue weighted by Crippen LogP contribution is 2.09. The van der Waals surface area contributed by atoms with Crippen molar-refractivity contribution < 1.29 is 13.2 Å². The maximum atomic E-state index is 10.8. The Kier molecular flexibility index (Phi) is 6.28. The molecule has 102 valence electrons. The minimum absolute atomic E-state index is 0.0549. The van der Waals surface area contributed by atoms with E-state index in [1.165, 1.54) is 0 Å². The largest absolute Gasteiger partial charge is 0.377 e. The van der Waals surface area contributed by atoms with Gasteiger partial charge in [0.2, 0.25) is 10.0 Å². The summed E-state index contributed by atoms with van der Waals surface area (Å²) in [5.74, 6) is -0.0549. The van der Waals surface area contributed by atoms with E-state index in [-0.39, 0.29) is 5.75 Å². The molecule has 0 saturated heterocycles. The molecule has 18 heavy (non-hydrogen) atoms. The van der Waals surface area contributed by atoms with Gasteiger partial charge in [0, 0.05) is 19.7 Å². The molecule has 0 heterocycles. The van der Waals surface area contributed by atoms with E-state index in [1.807, 2.05) is 31.2 Å². The van der Waals surface area contributed by atoms with Crippen LogP contribution in [0.1, 0.15) is 18.1 Å². The Morgan fingerprint density at radius 2 is 1.94 bits per heavy atom. The number of primary sulfonamides is 1. The van der Waals surface area contributed by atoms with E-state index in [0.717, 1.165) is 11.1 Å². The lowest BCUT2D eigenvalue weighted by atomic mass is 10.1. The average Bonchev–Trinajstić information content (AvgIpc) is 2.32. The molecule has 0 aromatic heterocycles. The predicted octanol–water partition coefficient (Wildman–Crippen LogP) is 0.601. The summed E-state index contributed by atoms with van der Waals surface area (Å²) in [5.41, 5.74) is 2.22. The third-order valence-corrected chi connectivity index (χ3v) is 3.23. The molecule has 0 bridgehead atoms. The molecule has 0 aliphatic rings. The van der Waals surface area contributed by atoms with Crippen molar-refractivity contribution in [3.8, 4) is 0 Å². The molecule has 1 aromatic rings. The molecular weight excluding hydrogens is 252 g/mol. The highest BCUT2D eigenvalue weighted by molar-refractivity contribution is 7.89. The van der Waals surface area contributed by atoms with Crippen molar-refractivity contribution in [3.05, 3.63) is 35.4 Å². The van der Waals surface area contributed by atoms with Crippen molar-refractivity contribution in [2.45, 2.75) is 20.1 Å². The van der Waals surface area contributed by atoms with Crippen LogP contribution in [0.15, 0.2) is 24.3 Å². The van der Waals surface area contributed by atoms with E-state index < -0.39 is 10.0 Å². The fraction of sp³-hybridized carbons (Fsp3) is 0.500. The number of hydrogen-bond acceptors (Lipinski definition) is 4. The summed E-state index contributed by atoms with van der Waals surface area (Å²) in [7, 11) is -3.39.